The van der Waals surface area contributed by atoms with Crippen LogP contribution in [0, 0.1) is 15.9 Å². The average molecular weight is 254 g/mol. The normalized spacial score (nSPS) is 24.1. The van der Waals surface area contributed by atoms with Crippen molar-refractivity contribution in [1.29, 1.82) is 0 Å². The van der Waals surface area contributed by atoms with Crippen molar-refractivity contribution in [3.63, 3.8) is 0 Å². The highest BCUT2D eigenvalue weighted by Gasteiger charge is 2.29. The summed E-state index contributed by atoms with van der Waals surface area (Å²) in [7, 11) is 0. The van der Waals surface area contributed by atoms with Crippen molar-refractivity contribution in [2.24, 2.45) is 0 Å². The second-order valence-corrected chi connectivity index (χ2v) is 4.91. The van der Waals surface area contributed by atoms with Crippen molar-refractivity contribution < 1.29 is 14.4 Å². The molecule has 0 aromatic heterocycles. The van der Waals surface area contributed by atoms with Crippen LogP contribution in [0.4, 0.5) is 15.8 Å². The van der Waals surface area contributed by atoms with Crippen LogP contribution in [-0.4, -0.2) is 28.7 Å². The highest BCUT2D eigenvalue weighted by Crippen LogP contribution is 2.29. The predicted octanol–water partition coefficient (Wildman–Crippen LogP) is 2.09. The first kappa shape index (κ1) is 12.8. The highest BCUT2D eigenvalue weighted by atomic mass is 19.1. The lowest BCUT2D eigenvalue weighted by molar-refractivity contribution is -0.385. The number of β-amino-alcohol motifs (C(OH)–C–C–N with tert-alkyl or cyclic N) is 1. The molecule has 0 amide bonds. The SMILES string of the molecule is CC1(O)CCCN(c2ccc([N+](=O)[O-])cc2F)C1. The topological polar surface area (TPSA) is 66.6 Å². The molecule has 18 heavy (non-hydrogen) atoms. The number of nitro groups is 1. The third-order valence-corrected chi connectivity index (χ3v) is 3.16. The summed E-state index contributed by atoms with van der Waals surface area (Å²) in [4.78, 5) is 11.6. The van der Waals surface area contributed by atoms with Crippen molar-refractivity contribution in [2.75, 3.05) is 18.0 Å². The lowest BCUT2D eigenvalue weighted by Crippen LogP contribution is -2.46. The number of nitrogens with zero attached hydrogens (tertiary/aromatic N) is 2. The second-order valence-electron chi connectivity index (χ2n) is 4.91. The van der Waals surface area contributed by atoms with Crippen LogP contribution in [0.5, 0.6) is 0 Å². The molecule has 1 saturated heterocycles. The molecular formula is C12H15FN2O3. The summed E-state index contributed by atoms with van der Waals surface area (Å²) in [5.74, 6) is -0.623. The average Bonchev–Trinajstić information content (AvgIpc) is 2.27. The molecule has 0 saturated carbocycles. The van der Waals surface area contributed by atoms with E-state index in [1.807, 2.05) is 0 Å². The molecule has 0 radical (unpaired) electrons. The van der Waals surface area contributed by atoms with E-state index in [1.165, 1.54) is 12.1 Å². The number of non-ortho nitro benzene ring substituents is 1. The van der Waals surface area contributed by atoms with E-state index in [0.29, 0.717) is 25.2 Å². The molecule has 1 aromatic carbocycles. The van der Waals surface area contributed by atoms with Crippen LogP contribution in [0.25, 0.3) is 0 Å². The van der Waals surface area contributed by atoms with Gasteiger partial charge in [0, 0.05) is 19.2 Å². The Morgan fingerprint density at radius 2 is 2.28 bits per heavy atom. The molecule has 1 fully saturated rings. The Morgan fingerprint density at radius 1 is 1.56 bits per heavy atom. The number of benzene rings is 1. The molecule has 0 aliphatic carbocycles. The Kier molecular flexibility index (Phi) is 3.21. The summed E-state index contributed by atoms with van der Waals surface area (Å²) < 4.78 is 13.8. The maximum Gasteiger partial charge on any atom is 0.272 e. The zero-order chi connectivity index (χ0) is 13.3. The standard InChI is InChI=1S/C12H15FN2O3/c1-12(16)5-2-6-14(8-12)11-4-3-9(15(17)18)7-10(11)13/h3-4,7,16H,2,5-6,8H2,1H3. The number of rotatable bonds is 2. The van der Waals surface area contributed by atoms with Gasteiger partial charge >= 0.3 is 0 Å². The van der Waals surface area contributed by atoms with Crippen molar-refractivity contribution in [1.82, 2.24) is 0 Å². The minimum atomic E-state index is -0.841. The van der Waals surface area contributed by atoms with Gasteiger partial charge < -0.3 is 10.0 Å². The second kappa shape index (κ2) is 4.53. The zero-order valence-electron chi connectivity index (χ0n) is 10.1. The van der Waals surface area contributed by atoms with Gasteiger partial charge in [0.15, 0.2) is 5.82 Å². The van der Waals surface area contributed by atoms with E-state index in [1.54, 1.807) is 11.8 Å². The Labute approximate surface area is 104 Å². The quantitative estimate of drug-likeness (QED) is 0.648. The van der Waals surface area contributed by atoms with E-state index in [-0.39, 0.29) is 5.69 Å². The molecule has 1 unspecified atom stereocenters. The molecule has 0 bridgehead atoms. The number of anilines is 1. The lowest BCUT2D eigenvalue weighted by atomic mass is 9.95. The number of halogens is 1. The van der Waals surface area contributed by atoms with E-state index >= 15 is 0 Å². The molecule has 1 aliphatic rings. The van der Waals surface area contributed by atoms with Crippen LogP contribution in [0.1, 0.15) is 19.8 Å². The van der Waals surface area contributed by atoms with Gasteiger partial charge in [-0.15, -0.1) is 0 Å². The van der Waals surface area contributed by atoms with Gasteiger partial charge in [-0.25, -0.2) is 4.39 Å². The third-order valence-electron chi connectivity index (χ3n) is 3.16. The van der Waals surface area contributed by atoms with Gasteiger partial charge in [-0.3, -0.25) is 10.1 Å². The van der Waals surface area contributed by atoms with Gasteiger partial charge in [-0.1, -0.05) is 0 Å². The number of hydrogen-bond donors (Lipinski definition) is 1. The fraction of sp³-hybridized carbons (Fsp3) is 0.500. The van der Waals surface area contributed by atoms with Crippen LogP contribution in [0.2, 0.25) is 0 Å². The Bertz CT molecular complexity index is 476. The van der Waals surface area contributed by atoms with Crippen LogP contribution >= 0.6 is 0 Å². The molecule has 6 heteroatoms. The first-order valence-electron chi connectivity index (χ1n) is 5.80. The molecular weight excluding hydrogens is 239 g/mol. The van der Waals surface area contributed by atoms with Gasteiger partial charge in [0.25, 0.3) is 5.69 Å². The van der Waals surface area contributed by atoms with E-state index in [4.69, 9.17) is 0 Å². The maximum atomic E-state index is 13.8. The van der Waals surface area contributed by atoms with E-state index in [0.717, 1.165) is 12.5 Å². The predicted molar refractivity (Wildman–Crippen MR) is 65.1 cm³/mol. The van der Waals surface area contributed by atoms with Crippen LogP contribution in [0.15, 0.2) is 18.2 Å². The molecule has 0 spiro atoms. The molecule has 1 heterocycles. The number of nitro benzene ring substituents is 1. The van der Waals surface area contributed by atoms with Gasteiger partial charge in [0.2, 0.25) is 0 Å². The molecule has 98 valence electrons. The molecule has 1 aliphatic heterocycles. The Hall–Kier alpha value is -1.69. The summed E-state index contributed by atoms with van der Waals surface area (Å²) in [6.07, 6.45) is 1.45. The number of hydrogen-bond acceptors (Lipinski definition) is 4. The summed E-state index contributed by atoms with van der Waals surface area (Å²) in [5.41, 5.74) is -0.799. The van der Waals surface area contributed by atoms with E-state index in [9.17, 15) is 19.6 Å². The smallest absolute Gasteiger partial charge is 0.272 e. The van der Waals surface area contributed by atoms with Gasteiger partial charge in [0.05, 0.1) is 22.3 Å². The van der Waals surface area contributed by atoms with Crippen LogP contribution < -0.4 is 4.90 Å². The summed E-state index contributed by atoms with van der Waals surface area (Å²) in [6, 6.07) is 3.59. The minimum Gasteiger partial charge on any atom is -0.388 e. The highest BCUT2D eigenvalue weighted by molar-refractivity contribution is 5.53. The van der Waals surface area contributed by atoms with Crippen LogP contribution in [0.3, 0.4) is 0 Å². The van der Waals surface area contributed by atoms with Crippen molar-refractivity contribution in [2.45, 2.75) is 25.4 Å². The monoisotopic (exact) mass is 254 g/mol. The third kappa shape index (κ3) is 2.59. The van der Waals surface area contributed by atoms with Gasteiger partial charge in [0.1, 0.15) is 0 Å². The fourth-order valence-electron chi connectivity index (χ4n) is 2.29. The van der Waals surface area contributed by atoms with Gasteiger partial charge in [-0.05, 0) is 25.8 Å². The molecule has 5 nitrogen and oxygen atoms in total. The minimum absolute atomic E-state index is 0.264. The first-order valence-corrected chi connectivity index (χ1v) is 5.80. The maximum absolute atomic E-state index is 13.8. The summed E-state index contributed by atoms with van der Waals surface area (Å²) in [5, 5.41) is 20.5. The summed E-state index contributed by atoms with van der Waals surface area (Å²) in [6.45, 7) is 2.69. The Balaban J connectivity index is 2.26. The molecule has 1 atom stereocenters. The largest absolute Gasteiger partial charge is 0.388 e. The zero-order valence-corrected chi connectivity index (χ0v) is 10.1. The van der Waals surface area contributed by atoms with Crippen molar-refractivity contribution >= 4 is 11.4 Å². The van der Waals surface area contributed by atoms with E-state index < -0.39 is 16.3 Å². The van der Waals surface area contributed by atoms with Crippen LogP contribution in [-0.2, 0) is 0 Å². The summed E-state index contributed by atoms with van der Waals surface area (Å²) >= 11 is 0. The molecule has 2 rings (SSSR count). The lowest BCUT2D eigenvalue weighted by Gasteiger charge is -2.38. The Morgan fingerprint density at radius 3 is 2.83 bits per heavy atom. The fourth-order valence-corrected chi connectivity index (χ4v) is 2.29. The van der Waals surface area contributed by atoms with Crippen molar-refractivity contribution in [3.8, 4) is 0 Å². The first-order chi connectivity index (χ1) is 8.39. The van der Waals surface area contributed by atoms with E-state index in [2.05, 4.69) is 0 Å². The number of piperidine rings is 1. The number of aliphatic hydroxyl groups is 1. The van der Waals surface area contributed by atoms with Gasteiger partial charge in [-0.2, -0.15) is 0 Å². The molecule has 1 N–H and O–H groups in total. The molecule has 1 aromatic rings. The van der Waals surface area contributed by atoms with Crippen molar-refractivity contribution in [3.05, 3.63) is 34.1 Å².